The molecule has 0 atom stereocenters. The van der Waals surface area contributed by atoms with Crippen LogP contribution in [0.1, 0.15) is 34.0 Å². The number of carbonyl (C=O) groups is 1. The van der Waals surface area contributed by atoms with Gasteiger partial charge in [0.15, 0.2) is 5.76 Å². The van der Waals surface area contributed by atoms with Crippen molar-refractivity contribution >= 4 is 35.1 Å². The lowest BCUT2D eigenvalue weighted by atomic mass is 10.0. The zero-order chi connectivity index (χ0) is 22.9. The first-order chi connectivity index (χ1) is 16.0. The van der Waals surface area contributed by atoms with Crippen LogP contribution in [0.4, 0.5) is 0 Å². The van der Waals surface area contributed by atoms with Crippen LogP contribution in [0.25, 0.3) is 6.08 Å². The Balaban J connectivity index is 1.42. The van der Waals surface area contributed by atoms with Gasteiger partial charge in [-0.25, -0.2) is 0 Å². The summed E-state index contributed by atoms with van der Waals surface area (Å²) in [5.41, 5.74) is 3.21. The van der Waals surface area contributed by atoms with Gasteiger partial charge in [-0.05, 0) is 48.9 Å². The molecule has 7 heteroatoms. The van der Waals surface area contributed by atoms with Gasteiger partial charge in [-0.15, -0.1) is 0 Å². The van der Waals surface area contributed by atoms with E-state index in [2.05, 4.69) is 4.90 Å². The number of benzene rings is 3. The quantitative estimate of drug-likeness (QED) is 0.396. The Kier molecular flexibility index (Phi) is 6.02. The number of Topliss-reactive ketones (excluding diaryl/α,β-unsaturated/α-hetero) is 1. The van der Waals surface area contributed by atoms with Gasteiger partial charge in [0.1, 0.15) is 24.0 Å². The molecule has 0 unspecified atom stereocenters. The number of hydrogen-bond acceptors (Lipinski definition) is 5. The van der Waals surface area contributed by atoms with Gasteiger partial charge in [0, 0.05) is 18.7 Å². The fourth-order valence-electron chi connectivity index (χ4n) is 4.03. The van der Waals surface area contributed by atoms with Crippen LogP contribution >= 0.6 is 23.2 Å². The summed E-state index contributed by atoms with van der Waals surface area (Å²) < 4.78 is 17.7. The second-order valence-corrected chi connectivity index (χ2v) is 8.65. The summed E-state index contributed by atoms with van der Waals surface area (Å²) in [6.45, 7) is 4.08. The average Bonchev–Trinajstić information content (AvgIpc) is 3.13. The number of para-hydroxylation sites is 1. The second kappa shape index (κ2) is 9.10. The molecule has 0 fully saturated rings. The molecule has 0 saturated carbocycles. The van der Waals surface area contributed by atoms with Crippen molar-refractivity contribution in [1.29, 1.82) is 0 Å². The van der Waals surface area contributed by atoms with Gasteiger partial charge >= 0.3 is 0 Å². The number of ether oxygens (including phenoxy) is 3. The minimum absolute atomic E-state index is 0.152. The predicted molar refractivity (Wildman–Crippen MR) is 128 cm³/mol. The van der Waals surface area contributed by atoms with Crippen LogP contribution in [0.3, 0.4) is 0 Å². The maximum absolute atomic E-state index is 13.1. The van der Waals surface area contributed by atoms with E-state index in [-0.39, 0.29) is 11.5 Å². The largest absolute Gasteiger partial charge is 0.493 e. The fraction of sp³-hybridized carbons (Fsp3) is 0.192. The number of fused-ring (bicyclic) bond motifs is 3. The average molecular weight is 482 g/mol. The number of ketones is 1. The molecular formula is C26H21Cl2NO4. The van der Waals surface area contributed by atoms with E-state index >= 15 is 0 Å². The molecule has 0 saturated heterocycles. The monoisotopic (exact) mass is 481 g/mol. The van der Waals surface area contributed by atoms with Gasteiger partial charge in [0.05, 0.1) is 27.8 Å². The molecule has 0 bridgehead atoms. The predicted octanol–water partition coefficient (Wildman–Crippen LogP) is 6.36. The zero-order valence-electron chi connectivity index (χ0n) is 17.9. The van der Waals surface area contributed by atoms with Gasteiger partial charge in [-0.1, -0.05) is 47.5 Å². The van der Waals surface area contributed by atoms with Crippen LogP contribution in [0, 0.1) is 0 Å². The van der Waals surface area contributed by atoms with Crippen molar-refractivity contribution in [2.75, 3.05) is 13.3 Å². The zero-order valence-corrected chi connectivity index (χ0v) is 19.4. The van der Waals surface area contributed by atoms with E-state index in [1.54, 1.807) is 18.2 Å². The lowest BCUT2D eigenvalue weighted by Crippen LogP contribution is -2.31. The van der Waals surface area contributed by atoms with Gasteiger partial charge in [-0.2, -0.15) is 0 Å². The van der Waals surface area contributed by atoms with Crippen LogP contribution in [-0.4, -0.2) is 24.0 Å². The Hall–Kier alpha value is -2.99. The highest BCUT2D eigenvalue weighted by Gasteiger charge is 2.33. The highest BCUT2D eigenvalue weighted by atomic mass is 35.5. The summed E-state index contributed by atoms with van der Waals surface area (Å²) >= 11 is 12.2. The van der Waals surface area contributed by atoms with Crippen molar-refractivity contribution in [2.24, 2.45) is 0 Å². The molecule has 2 aliphatic heterocycles. The summed E-state index contributed by atoms with van der Waals surface area (Å²) in [4.78, 5) is 15.2. The molecule has 33 heavy (non-hydrogen) atoms. The minimum atomic E-state index is -0.152. The third-order valence-corrected chi connectivity index (χ3v) is 6.32. The molecule has 0 spiro atoms. The first-order valence-corrected chi connectivity index (χ1v) is 11.4. The molecule has 0 aliphatic carbocycles. The van der Waals surface area contributed by atoms with Gasteiger partial charge in [-0.3, -0.25) is 9.69 Å². The van der Waals surface area contributed by atoms with E-state index in [0.717, 1.165) is 22.4 Å². The molecule has 5 rings (SSSR count). The van der Waals surface area contributed by atoms with Gasteiger partial charge in [0.25, 0.3) is 0 Å². The first-order valence-electron chi connectivity index (χ1n) is 10.6. The third kappa shape index (κ3) is 4.32. The lowest BCUT2D eigenvalue weighted by Gasteiger charge is -2.29. The number of allylic oxidation sites excluding steroid dienone is 1. The summed E-state index contributed by atoms with van der Waals surface area (Å²) in [6.07, 6.45) is 1.73. The molecule has 168 valence electrons. The van der Waals surface area contributed by atoms with Gasteiger partial charge in [0.2, 0.25) is 5.78 Å². The smallest absolute Gasteiger partial charge is 0.231 e. The topological polar surface area (TPSA) is 48.0 Å². The molecule has 0 amide bonds. The summed E-state index contributed by atoms with van der Waals surface area (Å²) in [5, 5.41) is 1.04. The number of hydrogen-bond donors (Lipinski definition) is 0. The molecule has 3 aromatic carbocycles. The van der Waals surface area contributed by atoms with Crippen molar-refractivity contribution in [3.05, 3.63) is 92.7 Å². The first kappa shape index (κ1) is 21.8. The third-order valence-electron chi connectivity index (χ3n) is 5.58. The highest BCUT2D eigenvalue weighted by Crippen LogP contribution is 2.42. The normalized spacial score (nSPS) is 16.2. The van der Waals surface area contributed by atoms with E-state index < -0.39 is 0 Å². The second-order valence-electron chi connectivity index (χ2n) is 7.84. The fourth-order valence-corrected chi connectivity index (χ4v) is 4.35. The molecular weight excluding hydrogens is 461 g/mol. The molecule has 0 aromatic heterocycles. The number of halogens is 2. The van der Waals surface area contributed by atoms with Crippen LogP contribution < -0.4 is 14.2 Å². The van der Waals surface area contributed by atoms with Gasteiger partial charge < -0.3 is 14.2 Å². The Labute approximate surface area is 202 Å². The Morgan fingerprint density at radius 2 is 1.94 bits per heavy atom. The van der Waals surface area contributed by atoms with Crippen LogP contribution in [-0.2, 0) is 13.1 Å². The Morgan fingerprint density at radius 3 is 2.76 bits per heavy atom. The Morgan fingerprint density at radius 1 is 1.09 bits per heavy atom. The summed E-state index contributed by atoms with van der Waals surface area (Å²) in [6, 6.07) is 16.8. The van der Waals surface area contributed by atoms with Crippen molar-refractivity contribution in [3.63, 3.8) is 0 Å². The lowest BCUT2D eigenvalue weighted by molar-refractivity contribution is 0.0873. The molecule has 2 aliphatic rings. The van der Waals surface area contributed by atoms with E-state index in [9.17, 15) is 4.79 Å². The maximum atomic E-state index is 13.1. The van der Waals surface area contributed by atoms with Crippen LogP contribution in [0.5, 0.6) is 17.2 Å². The SMILES string of the molecule is CCOc1ccccc1/C=C1\Oc2c(ccc3c2CN(Cc2ccc(Cl)c(Cl)c2)CO3)C1=O. The number of carbonyl (C=O) groups excluding carboxylic acids is 1. The molecule has 0 radical (unpaired) electrons. The van der Waals surface area contributed by atoms with E-state index in [1.165, 1.54) is 0 Å². The standard InChI is InChI=1S/C26H21Cl2NO4/c1-2-31-22-6-4-3-5-17(22)12-24-25(30)18-8-10-23-19(26(18)33-24)14-29(15-32-23)13-16-7-9-20(27)21(28)11-16/h3-12H,2,13-15H2,1H3/b24-12-. The van der Waals surface area contributed by atoms with Crippen molar-refractivity contribution in [3.8, 4) is 17.2 Å². The Bertz CT molecular complexity index is 1270. The van der Waals surface area contributed by atoms with Crippen molar-refractivity contribution in [2.45, 2.75) is 20.0 Å². The molecule has 5 nitrogen and oxygen atoms in total. The number of nitrogens with zero attached hydrogens (tertiary/aromatic N) is 1. The summed E-state index contributed by atoms with van der Waals surface area (Å²) in [7, 11) is 0. The summed E-state index contributed by atoms with van der Waals surface area (Å²) in [5.74, 6) is 2.10. The van der Waals surface area contributed by atoms with E-state index in [4.69, 9.17) is 37.4 Å². The van der Waals surface area contributed by atoms with Crippen molar-refractivity contribution in [1.82, 2.24) is 4.90 Å². The molecule has 3 aromatic rings. The molecule has 2 heterocycles. The van der Waals surface area contributed by atoms with E-state index in [1.807, 2.05) is 49.4 Å². The maximum Gasteiger partial charge on any atom is 0.231 e. The molecule has 0 N–H and O–H groups in total. The highest BCUT2D eigenvalue weighted by molar-refractivity contribution is 6.42. The minimum Gasteiger partial charge on any atom is -0.493 e. The van der Waals surface area contributed by atoms with Crippen LogP contribution in [0.15, 0.2) is 60.4 Å². The van der Waals surface area contributed by atoms with E-state index in [0.29, 0.717) is 53.5 Å². The van der Waals surface area contributed by atoms with Crippen molar-refractivity contribution < 1.29 is 19.0 Å². The van der Waals surface area contributed by atoms with Crippen LogP contribution in [0.2, 0.25) is 10.0 Å². The number of rotatable bonds is 5.